The maximum absolute atomic E-state index is 12.6. The molecule has 27 heavy (non-hydrogen) atoms. The molecule has 140 valence electrons. The summed E-state index contributed by atoms with van der Waals surface area (Å²) in [6.07, 6.45) is 0. The first-order valence-corrected chi connectivity index (χ1v) is 9.11. The number of amides is 2. The molecule has 1 atom stereocenters. The molecule has 2 aromatic rings. The van der Waals surface area contributed by atoms with E-state index in [2.05, 4.69) is 15.7 Å². The average Bonchev–Trinajstić information content (AvgIpc) is 2.89. The monoisotopic (exact) mass is 424 g/mol. The Morgan fingerprint density at radius 1 is 1.15 bits per heavy atom. The van der Waals surface area contributed by atoms with Crippen LogP contribution >= 0.6 is 34.8 Å². The smallest absolute Gasteiger partial charge is 0.258 e. The van der Waals surface area contributed by atoms with Crippen LogP contribution < -0.4 is 15.6 Å². The summed E-state index contributed by atoms with van der Waals surface area (Å²) in [5.74, 6) is -1.19. The number of anilines is 2. The van der Waals surface area contributed by atoms with E-state index in [4.69, 9.17) is 34.8 Å². The van der Waals surface area contributed by atoms with Gasteiger partial charge < -0.3 is 10.6 Å². The maximum Gasteiger partial charge on any atom is 0.258 e. The van der Waals surface area contributed by atoms with Crippen LogP contribution in [0.5, 0.6) is 0 Å². The van der Waals surface area contributed by atoms with Crippen molar-refractivity contribution >= 4 is 63.8 Å². The molecule has 9 heteroatoms. The van der Waals surface area contributed by atoms with E-state index in [0.717, 1.165) is 10.7 Å². The van der Waals surface area contributed by atoms with Gasteiger partial charge in [0, 0.05) is 23.3 Å². The summed E-state index contributed by atoms with van der Waals surface area (Å²) in [7, 11) is 1.76. The molecule has 3 rings (SSSR count). The fraction of sp³-hybridized carbons (Fsp3) is 0.167. The lowest BCUT2D eigenvalue weighted by Gasteiger charge is -2.16. The molecule has 0 fully saturated rings. The summed E-state index contributed by atoms with van der Waals surface area (Å²) in [6, 6.07) is 9.90. The molecule has 1 unspecified atom stereocenters. The Morgan fingerprint density at radius 3 is 2.44 bits per heavy atom. The molecule has 0 saturated heterocycles. The largest absolute Gasteiger partial charge is 0.388 e. The van der Waals surface area contributed by atoms with Gasteiger partial charge in [0.2, 0.25) is 0 Å². The summed E-state index contributed by atoms with van der Waals surface area (Å²) < 4.78 is 0. The van der Waals surface area contributed by atoms with Crippen LogP contribution in [-0.2, 0) is 4.79 Å². The molecule has 2 aromatic carbocycles. The van der Waals surface area contributed by atoms with E-state index in [-0.39, 0.29) is 33.4 Å². The zero-order valence-corrected chi connectivity index (χ0v) is 16.7. The third-order valence-electron chi connectivity index (χ3n) is 4.05. The first-order chi connectivity index (χ1) is 12.8. The van der Waals surface area contributed by atoms with Gasteiger partial charge in [-0.3, -0.25) is 9.59 Å². The summed E-state index contributed by atoms with van der Waals surface area (Å²) >= 11 is 18.3. The van der Waals surface area contributed by atoms with Gasteiger partial charge in [-0.15, -0.1) is 0 Å². The average molecular weight is 426 g/mol. The van der Waals surface area contributed by atoms with E-state index < -0.39 is 5.92 Å². The first-order valence-electron chi connectivity index (χ1n) is 7.98. The molecule has 2 N–H and O–H groups in total. The molecule has 0 saturated carbocycles. The van der Waals surface area contributed by atoms with Crippen molar-refractivity contribution in [3.05, 3.63) is 57.0 Å². The van der Waals surface area contributed by atoms with Crippen LogP contribution in [0.1, 0.15) is 17.3 Å². The highest BCUT2D eigenvalue weighted by Gasteiger charge is 2.36. The summed E-state index contributed by atoms with van der Waals surface area (Å²) in [5, 5.41) is 11.7. The van der Waals surface area contributed by atoms with Gasteiger partial charge in [-0.2, -0.15) is 10.1 Å². The van der Waals surface area contributed by atoms with Crippen molar-refractivity contribution in [2.75, 3.05) is 17.4 Å². The van der Waals surface area contributed by atoms with E-state index in [1.807, 2.05) is 6.07 Å². The zero-order valence-electron chi connectivity index (χ0n) is 14.4. The lowest BCUT2D eigenvalue weighted by molar-refractivity contribution is -0.119. The van der Waals surface area contributed by atoms with E-state index in [1.54, 1.807) is 32.2 Å². The third kappa shape index (κ3) is 3.88. The van der Waals surface area contributed by atoms with Gasteiger partial charge in [-0.25, -0.2) is 0 Å². The number of carbonyl (C=O) groups is 2. The molecule has 0 radical (unpaired) electrons. The summed E-state index contributed by atoms with van der Waals surface area (Å²) in [4.78, 5) is 25.1. The topological polar surface area (TPSA) is 73.8 Å². The quantitative estimate of drug-likeness (QED) is 0.765. The fourth-order valence-electron chi connectivity index (χ4n) is 2.58. The molecular weight excluding hydrogens is 411 g/mol. The number of hydrogen-bond acceptors (Lipinski definition) is 4. The van der Waals surface area contributed by atoms with Gasteiger partial charge in [0.15, 0.2) is 0 Å². The lowest BCUT2D eigenvalue weighted by atomic mass is 10.1. The second kappa shape index (κ2) is 7.76. The number of nitrogens with one attached hydrogen (secondary N) is 2. The summed E-state index contributed by atoms with van der Waals surface area (Å²) in [5.41, 5.74) is 1.45. The molecule has 1 heterocycles. The van der Waals surface area contributed by atoms with E-state index in [1.165, 1.54) is 12.1 Å². The van der Waals surface area contributed by atoms with Crippen molar-refractivity contribution < 1.29 is 9.59 Å². The number of hydrazone groups is 1. The number of halogens is 3. The van der Waals surface area contributed by atoms with Crippen molar-refractivity contribution in [3.63, 3.8) is 0 Å². The van der Waals surface area contributed by atoms with Gasteiger partial charge in [0.05, 0.1) is 16.0 Å². The Morgan fingerprint density at radius 2 is 1.81 bits per heavy atom. The van der Waals surface area contributed by atoms with Crippen LogP contribution in [0.4, 0.5) is 11.4 Å². The molecule has 0 aliphatic carbocycles. The van der Waals surface area contributed by atoms with Crippen LogP contribution in [0.2, 0.25) is 15.1 Å². The number of benzene rings is 2. The lowest BCUT2D eigenvalue weighted by Crippen LogP contribution is -2.35. The van der Waals surface area contributed by atoms with Crippen molar-refractivity contribution in [1.82, 2.24) is 5.32 Å². The Bertz CT molecular complexity index is 938. The zero-order chi connectivity index (χ0) is 19.7. The third-order valence-corrected chi connectivity index (χ3v) is 4.84. The van der Waals surface area contributed by atoms with E-state index in [0.29, 0.717) is 10.6 Å². The first kappa shape index (κ1) is 19.5. The predicted octanol–water partition coefficient (Wildman–Crippen LogP) is 4.41. The molecule has 1 aliphatic rings. The van der Waals surface area contributed by atoms with Crippen LogP contribution in [0.15, 0.2) is 41.5 Å². The normalized spacial score (nSPS) is 16.3. The number of amidine groups is 1. The van der Waals surface area contributed by atoms with Crippen molar-refractivity contribution in [1.29, 1.82) is 0 Å². The number of hydrogen-bond donors (Lipinski definition) is 2. The second-order valence-corrected chi connectivity index (χ2v) is 7.11. The molecular formula is C18H15Cl3N4O2. The van der Waals surface area contributed by atoms with E-state index in [9.17, 15) is 9.59 Å². The molecule has 2 amide bonds. The van der Waals surface area contributed by atoms with Gasteiger partial charge in [-0.05, 0) is 37.3 Å². The minimum Gasteiger partial charge on any atom is -0.388 e. The standard InChI is InChI=1S/C18H15Cl3N4O2/c1-9-16(23-17(26)10-4-3-5-12(6-10)22-2)24-25(18(9)27)15-13(20)7-11(19)8-14(15)21/h3-9,22H,1-2H3,(H,23,24,26). The Labute approximate surface area is 171 Å². The molecule has 0 bridgehead atoms. The van der Waals surface area contributed by atoms with Crippen molar-refractivity contribution in [2.45, 2.75) is 6.92 Å². The number of rotatable bonds is 3. The van der Waals surface area contributed by atoms with Gasteiger partial charge >= 0.3 is 0 Å². The number of nitrogens with zero attached hydrogens (tertiary/aromatic N) is 2. The Kier molecular flexibility index (Phi) is 5.60. The number of carbonyl (C=O) groups excluding carboxylic acids is 2. The Hall–Kier alpha value is -2.28. The molecule has 1 aliphatic heterocycles. The predicted molar refractivity (Wildman–Crippen MR) is 109 cm³/mol. The second-order valence-electron chi connectivity index (χ2n) is 5.86. The van der Waals surface area contributed by atoms with Gasteiger partial charge in [0.25, 0.3) is 11.8 Å². The fourth-order valence-corrected chi connectivity index (χ4v) is 3.56. The highest BCUT2D eigenvalue weighted by Crippen LogP contribution is 2.38. The van der Waals surface area contributed by atoms with E-state index >= 15 is 0 Å². The maximum atomic E-state index is 12.6. The van der Waals surface area contributed by atoms with Crippen molar-refractivity contribution in [3.8, 4) is 0 Å². The van der Waals surface area contributed by atoms with Crippen LogP contribution in [0, 0.1) is 5.92 Å². The van der Waals surface area contributed by atoms with Crippen molar-refractivity contribution in [2.24, 2.45) is 11.0 Å². The minimum atomic E-state index is -0.663. The SMILES string of the molecule is CNc1cccc(C(=O)NC2=NN(c3c(Cl)cc(Cl)cc3Cl)C(=O)C2C)c1. The highest BCUT2D eigenvalue weighted by atomic mass is 35.5. The molecule has 0 spiro atoms. The van der Waals surface area contributed by atoms with Crippen LogP contribution in [0.25, 0.3) is 0 Å². The van der Waals surface area contributed by atoms with Gasteiger partial charge in [0.1, 0.15) is 11.5 Å². The van der Waals surface area contributed by atoms with Crippen LogP contribution in [0.3, 0.4) is 0 Å². The van der Waals surface area contributed by atoms with Gasteiger partial charge in [-0.1, -0.05) is 40.9 Å². The molecule has 0 aromatic heterocycles. The van der Waals surface area contributed by atoms with Crippen LogP contribution in [-0.4, -0.2) is 24.7 Å². The summed E-state index contributed by atoms with van der Waals surface area (Å²) in [6.45, 7) is 1.64. The highest BCUT2D eigenvalue weighted by molar-refractivity contribution is 6.42. The Balaban J connectivity index is 1.89. The minimum absolute atomic E-state index is 0.186. The molecule has 6 nitrogen and oxygen atoms in total.